The summed E-state index contributed by atoms with van der Waals surface area (Å²) in [5, 5.41) is 2.70. The zero-order chi connectivity index (χ0) is 21.9. The molecule has 0 unspecified atom stereocenters. The number of hydrogen-bond acceptors (Lipinski definition) is 5. The minimum absolute atomic E-state index is 0.0263. The smallest absolute Gasteiger partial charge is 0.255 e. The molecule has 1 N–H and O–H groups in total. The van der Waals surface area contributed by atoms with E-state index in [1.807, 2.05) is 0 Å². The summed E-state index contributed by atoms with van der Waals surface area (Å²) in [5.74, 6) is -0.610. The highest BCUT2D eigenvalue weighted by atomic mass is 32.2. The average Bonchev–Trinajstić information content (AvgIpc) is 2.74. The van der Waals surface area contributed by atoms with Crippen LogP contribution in [0.1, 0.15) is 34.6 Å². The van der Waals surface area contributed by atoms with Crippen LogP contribution in [-0.4, -0.2) is 61.4 Å². The molecule has 0 aromatic heterocycles. The molecule has 0 saturated carbocycles. The molecular formula is C21H23N3O5S. The molecule has 1 fully saturated rings. The summed E-state index contributed by atoms with van der Waals surface area (Å²) in [6.45, 7) is 4.01. The maximum absolute atomic E-state index is 13.0. The Labute approximate surface area is 175 Å². The van der Waals surface area contributed by atoms with Crippen LogP contribution in [0.5, 0.6) is 0 Å². The van der Waals surface area contributed by atoms with Crippen molar-refractivity contribution < 1.29 is 22.8 Å². The second-order valence-corrected chi connectivity index (χ2v) is 8.96. The second kappa shape index (κ2) is 8.76. The number of Topliss-reactive ketones (excluding diaryl/α,β-unsaturated/α-hetero) is 1. The Hall–Kier alpha value is -3.04. The van der Waals surface area contributed by atoms with Crippen molar-refractivity contribution >= 4 is 33.3 Å². The van der Waals surface area contributed by atoms with E-state index in [9.17, 15) is 22.8 Å². The minimum Gasteiger partial charge on any atom is -0.340 e. The van der Waals surface area contributed by atoms with Gasteiger partial charge in [0.15, 0.2) is 5.78 Å². The van der Waals surface area contributed by atoms with Gasteiger partial charge in [0.25, 0.3) is 5.91 Å². The fourth-order valence-corrected chi connectivity index (χ4v) is 4.65. The van der Waals surface area contributed by atoms with E-state index < -0.39 is 15.9 Å². The number of benzene rings is 2. The number of carbonyl (C=O) groups is 3. The van der Waals surface area contributed by atoms with Crippen molar-refractivity contribution in [3.63, 3.8) is 0 Å². The van der Waals surface area contributed by atoms with E-state index in [1.54, 1.807) is 29.2 Å². The standard InChI is InChI=1S/C21H23N3O5S/c1-15(25)17-6-8-19(9-7-17)22-21(27)18-4-3-5-20(14-18)30(28,29)24-12-10-23(11-13-24)16(2)26/h3-9,14H,10-13H2,1-2H3,(H,22,27). The molecule has 2 aromatic rings. The first-order valence-corrected chi connectivity index (χ1v) is 10.9. The number of anilines is 1. The van der Waals surface area contributed by atoms with Gasteiger partial charge in [-0.05, 0) is 49.4 Å². The van der Waals surface area contributed by atoms with Crippen LogP contribution in [0.15, 0.2) is 53.4 Å². The summed E-state index contributed by atoms with van der Waals surface area (Å²) in [6, 6.07) is 12.3. The first kappa shape index (κ1) is 21.7. The van der Waals surface area contributed by atoms with Crippen LogP contribution in [0, 0.1) is 0 Å². The van der Waals surface area contributed by atoms with Gasteiger partial charge in [0.05, 0.1) is 4.90 Å². The maximum atomic E-state index is 13.0. The molecule has 0 spiro atoms. The topological polar surface area (TPSA) is 104 Å². The quantitative estimate of drug-likeness (QED) is 0.732. The van der Waals surface area contributed by atoms with Crippen LogP contribution in [0.4, 0.5) is 5.69 Å². The molecule has 0 bridgehead atoms. The van der Waals surface area contributed by atoms with E-state index in [2.05, 4.69) is 5.32 Å². The van der Waals surface area contributed by atoms with Gasteiger partial charge < -0.3 is 10.2 Å². The summed E-state index contributed by atoms with van der Waals surface area (Å²) in [6.07, 6.45) is 0. The molecule has 0 atom stereocenters. The molecule has 2 amide bonds. The molecule has 0 aliphatic carbocycles. The molecule has 30 heavy (non-hydrogen) atoms. The van der Waals surface area contributed by atoms with E-state index in [0.29, 0.717) is 24.3 Å². The minimum atomic E-state index is -3.78. The van der Waals surface area contributed by atoms with Crippen LogP contribution in [-0.2, 0) is 14.8 Å². The average molecular weight is 429 g/mol. The Balaban J connectivity index is 1.74. The Morgan fingerprint density at radius 1 is 0.867 bits per heavy atom. The number of nitrogens with one attached hydrogen (secondary N) is 1. The molecule has 1 heterocycles. The summed E-state index contributed by atoms with van der Waals surface area (Å²) in [5.41, 5.74) is 1.23. The number of sulfonamides is 1. The predicted octanol–water partition coefficient (Wildman–Crippen LogP) is 1.99. The molecule has 0 radical (unpaired) electrons. The van der Waals surface area contributed by atoms with Crippen molar-refractivity contribution in [1.82, 2.24) is 9.21 Å². The molecular weight excluding hydrogens is 406 g/mol. The third-order valence-electron chi connectivity index (χ3n) is 4.97. The fourth-order valence-electron chi connectivity index (χ4n) is 3.18. The van der Waals surface area contributed by atoms with Gasteiger partial charge in [0.2, 0.25) is 15.9 Å². The molecule has 8 nitrogen and oxygen atoms in total. The van der Waals surface area contributed by atoms with E-state index in [1.165, 1.54) is 42.4 Å². The molecule has 1 aliphatic rings. The number of piperazine rings is 1. The Morgan fingerprint density at radius 2 is 1.50 bits per heavy atom. The van der Waals surface area contributed by atoms with Crippen molar-refractivity contribution in [1.29, 1.82) is 0 Å². The normalized spacial score (nSPS) is 14.9. The summed E-state index contributed by atoms with van der Waals surface area (Å²) in [7, 11) is -3.78. The summed E-state index contributed by atoms with van der Waals surface area (Å²) in [4.78, 5) is 37.0. The zero-order valence-electron chi connectivity index (χ0n) is 16.8. The molecule has 9 heteroatoms. The van der Waals surface area contributed by atoms with Crippen molar-refractivity contribution in [2.24, 2.45) is 0 Å². The second-order valence-electron chi connectivity index (χ2n) is 7.03. The number of hydrogen-bond donors (Lipinski definition) is 1. The van der Waals surface area contributed by atoms with E-state index >= 15 is 0 Å². The van der Waals surface area contributed by atoms with E-state index in [-0.39, 0.29) is 35.2 Å². The van der Waals surface area contributed by atoms with E-state index in [0.717, 1.165) is 0 Å². The molecule has 1 aliphatic heterocycles. The molecule has 1 saturated heterocycles. The van der Waals surface area contributed by atoms with Gasteiger partial charge >= 0.3 is 0 Å². The van der Waals surface area contributed by atoms with Crippen LogP contribution in [0.2, 0.25) is 0 Å². The number of ketones is 1. The van der Waals surface area contributed by atoms with Gasteiger partial charge in [-0.25, -0.2) is 8.42 Å². The first-order chi connectivity index (χ1) is 14.2. The van der Waals surface area contributed by atoms with Crippen LogP contribution in [0.3, 0.4) is 0 Å². The maximum Gasteiger partial charge on any atom is 0.255 e. The lowest BCUT2D eigenvalue weighted by atomic mass is 10.1. The third kappa shape index (κ3) is 4.74. The van der Waals surface area contributed by atoms with Crippen molar-refractivity contribution in [3.05, 3.63) is 59.7 Å². The van der Waals surface area contributed by atoms with Gasteiger partial charge in [-0.15, -0.1) is 0 Å². The highest BCUT2D eigenvalue weighted by Crippen LogP contribution is 2.20. The number of carbonyl (C=O) groups excluding carboxylic acids is 3. The van der Waals surface area contributed by atoms with Crippen molar-refractivity contribution in [2.75, 3.05) is 31.5 Å². The fraction of sp³-hybridized carbons (Fsp3) is 0.286. The summed E-state index contributed by atoms with van der Waals surface area (Å²) >= 11 is 0. The highest BCUT2D eigenvalue weighted by Gasteiger charge is 2.29. The molecule has 158 valence electrons. The van der Waals surface area contributed by atoms with Gasteiger partial charge in [0.1, 0.15) is 0 Å². The van der Waals surface area contributed by atoms with Gasteiger partial charge in [-0.1, -0.05) is 6.07 Å². The molecule has 3 rings (SSSR count). The lowest BCUT2D eigenvalue weighted by molar-refractivity contribution is -0.129. The van der Waals surface area contributed by atoms with Crippen LogP contribution < -0.4 is 5.32 Å². The lowest BCUT2D eigenvalue weighted by Gasteiger charge is -2.33. The van der Waals surface area contributed by atoms with Crippen LogP contribution in [0.25, 0.3) is 0 Å². The van der Waals surface area contributed by atoms with Gasteiger partial charge in [0, 0.05) is 49.9 Å². The SMILES string of the molecule is CC(=O)c1ccc(NC(=O)c2cccc(S(=O)(=O)N3CCN(C(C)=O)CC3)c2)cc1. The highest BCUT2D eigenvalue weighted by molar-refractivity contribution is 7.89. The summed E-state index contributed by atoms with van der Waals surface area (Å²) < 4.78 is 27.2. The van der Waals surface area contributed by atoms with Gasteiger partial charge in [-0.3, -0.25) is 14.4 Å². The predicted molar refractivity (Wildman–Crippen MR) is 112 cm³/mol. The first-order valence-electron chi connectivity index (χ1n) is 9.46. The zero-order valence-corrected chi connectivity index (χ0v) is 17.6. The monoisotopic (exact) mass is 429 g/mol. The van der Waals surface area contributed by atoms with E-state index in [4.69, 9.17) is 0 Å². The largest absolute Gasteiger partial charge is 0.340 e. The van der Waals surface area contributed by atoms with Gasteiger partial charge in [-0.2, -0.15) is 4.31 Å². The molecule has 2 aromatic carbocycles. The Kier molecular flexibility index (Phi) is 6.33. The van der Waals surface area contributed by atoms with Crippen molar-refractivity contribution in [2.45, 2.75) is 18.7 Å². The number of amides is 2. The third-order valence-corrected chi connectivity index (χ3v) is 6.86. The number of rotatable bonds is 5. The number of nitrogens with zero attached hydrogens (tertiary/aromatic N) is 2. The van der Waals surface area contributed by atoms with Crippen LogP contribution >= 0.6 is 0 Å². The van der Waals surface area contributed by atoms with Crippen molar-refractivity contribution in [3.8, 4) is 0 Å². The lowest BCUT2D eigenvalue weighted by Crippen LogP contribution is -2.49. The Bertz CT molecular complexity index is 1070. The Morgan fingerprint density at radius 3 is 2.07 bits per heavy atom.